The molecule has 0 unspecified atom stereocenters. The molecule has 0 aliphatic carbocycles. The number of urea groups is 1. The van der Waals surface area contributed by atoms with Crippen LogP contribution in [0.4, 0.5) is 16.2 Å². The van der Waals surface area contributed by atoms with Crippen molar-refractivity contribution in [1.82, 2.24) is 14.9 Å². The number of carbonyl (C=O) groups is 2. The molecule has 3 amide bonds. The van der Waals surface area contributed by atoms with Crippen molar-refractivity contribution in [2.24, 2.45) is 0 Å². The fourth-order valence-corrected chi connectivity index (χ4v) is 3.53. The molecule has 1 fully saturated rings. The van der Waals surface area contributed by atoms with Crippen LogP contribution in [0.25, 0.3) is 0 Å². The topological polar surface area (TPSA) is 78.4 Å². The molecule has 0 radical (unpaired) electrons. The molecule has 0 saturated carbocycles. The van der Waals surface area contributed by atoms with Gasteiger partial charge in [-0.05, 0) is 24.6 Å². The lowest BCUT2D eigenvalue weighted by Crippen LogP contribution is -2.30. The van der Waals surface area contributed by atoms with E-state index in [4.69, 9.17) is 0 Å². The number of nitrogens with zero attached hydrogens (tertiary/aromatic N) is 4. The summed E-state index contributed by atoms with van der Waals surface area (Å²) in [7, 11) is 0. The second-order valence-electron chi connectivity index (χ2n) is 8.40. The van der Waals surface area contributed by atoms with Gasteiger partial charge in [-0.25, -0.2) is 14.8 Å². The Labute approximate surface area is 164 Å². The van der Waals surface area contributed by atoms with Gasteiger partial charge in [0.15, 0.2) is 0 Å². The highest BCUT2D eigenvalue weighted by Gasteiger charge is 2.28. The van der Waals surface area contributed by atoms with Crippen LogP contribution in [0.2, 0.25) is 0 Å². The summed E-state index contributed by atoms with van der Waals surface area (Å²) in [6.07, 6.45) is 3.29. The number of amides is 3. The Bertz CT molecular complexity index is 935. The van der Waals surface area contributed by atoms with Crippen LogP contribution < -0.4 is 10.2 Å². The first-order chi connectivity index (χ1) is 13.3. The number of hydrogen-bond donors (Lipinski definition) is 1. The van der Waals surface area contributed by atoms with Gasteiger partial charge in [0.1, 0.15) is 5.82 Å². The van der Waals surface area contributed by atoms with Crippen LogP contribution in [0, 0.1) is 0 Å². The van der Waals surface area contributed by atoms with Gasteiger partial charge >= 0.3 is 6.03 Å². The summed E-state index contributed by atoms with van der Waals surface area (Å²) in [5.74, 6) is 0.920. The van der Waals surface area contributed by atoms with Crippen LogP contribution in [0.1, 0.15) is 50.7 Å². The van der Waals surface area contributed by atoms with Gasteiger partial charge in [-0.1, -0.05) is 26.8 Å². The molecular formula is C21H25N5O2. The van der Waals surface area contributed by atoms with Crippen molar-refractivity contribution >= 4 is 23.3 Å². The van der Waals surface area contributed by atoms with Crippen LogP contribution in [0.3, 0.4) is 0 Å². The van der Waals surface area contributed by atoms with E-state index in [-0.39, 0.29) is 17.4 Å². The number of rotatable bonds is 2. The molecule has 1 aromatic heterocycles. The fraction of sp³-hybridized carbons (Fsp3) is 0.429. The van der Waals surface area contributed by atoms with Gasteiger partial charge in [0.2, 0.25) is 5.91 Å². The van der Waals surface area contributed by atoms with E-state index in [1.165, 1.54) is 0 Å². The van der Waals surface area contributed by atoms with Gasteiger partial charge in [-0.2, -0.15) is 0 Å². The first-order valence-corrected chi connectivity index (χ1v) is 9.63. The highest BCUT2D eigenvalue weighted by Crippen LogP contribution is 2.27. The molecule has 1 aromatic carbocycles. The van der Waals surface area contributed by atoms with Crippen molar-refractivity contribution in [3.63, 3.8) is 0 Å². The molecule has 28 heavy (non-hydrogen) atoms. The quantitative estimate of drug-likeness (QED) is 0.867. The predicted molar refractivity (Wildman–Crippen MR) is 107 cm³/mol. The lowest BCUT2D eigenvalue weighted by Gasteiger charge is -2.19. The Hall–Kier alpha value is -2.96. The van der Waals surface area contributed by atoms with Crippen molar-refractivity contribution in [2.75, 3.05) is 16.8 Å². The molecule has 7 heteroatoms. The summed E-state index contributed by atoms with van der Waals surface area (Å²) in [5, 5.41) is 2.94. The smallest absolute Gasteiger partial charge is 0.314 e. The van der Waals surface area contributed by atoms with Gasteiger partial charge in [0.25, 0.3) is 0 Å². The van der Waals surface area contributed by atoms with E-state index in [0.717, 1.165) is 35.7 Å². The fourth-order valence-electron chi connectivity index (χ4n) is 3.53. The monoisotopic (exact) mass is 379 g/mol. The summed E-state index contributed by atoms with van der Waals surface area (Å²) in [5.41, 5.74) is 3.27. The minimum absolute atomic E-state index is 0.127. The first kappa shape index (κ1) is 18.4. The number of carbonyl (C=O) groups excluding carboxylic acids is 2. The second kappa shape index (κ2) is 6.89. The van der Waals surface area contributed by atoms with Crippen molar-refractivity contribution < 1.29 is 9.59 Å². The van der Waals surface area contributed by atoms with E-state index >= 15 is 0 Å². The molecule has 1 saturated heterocycles. The molecule has 7 nitrogen and oxygen atoms in total. The van der Waals surface area contributed by atoms with Crippen LogP contribution >= 0.6 is 0 Å². The SMILES string of the molecule is CC(C)(C)c1ncc2c(n1)CN(C(=O)Nc1cccc(N3CCCC3=O)c1)C2. The third-order valence-electron chi connectivity index (χ3n) is 5.10. The zero-order valence-electron chi connectivity index (χ0n) is 16.5. The van der Waals surface area contributed by atoms with Crippen molar-refractivity contribution in [3.8, 4) is 0 Å². The molecule has 2 aliphatic rings. The Morgan fingerprint density at radius 1 is 1.21 bits per heavy atom. The first-order valence-electron chi connectivity index (χ1n) is 9.63. The Balaban J connectivity index is 1.45. The molecule has 2 aliphatic heterocycles. The lowest BCUT2D eigenvalue weighted by molar-refractivity contribution is -0.117. The zero-order valence-corrected chi connectivity index (χ0v) is 16.5. The summed E-state index contributed by atoms with van der Waals surface area (Å²) in [6, 6.07) is 7.26. The van der Waals surface area contributed by atoms with Crippen LogP contribution in [-0.4, -0.2) is 33.4 Å². The van der Waals surface area contributed by atoms with E-state index in [2.05, 4.69) is 36.1 Å². The number of fused-ring (bicyclic) bond motifs is 1. The summed E-state index contributed by atoms with van der Waals surface area (Å²) >= 11 is 0. The van der Waals surface area contributed by atoms with E-state index in [1.54, 1.807) is 9.80 Å². The number of hydrogen-bond acceptors (Lipinski definition) is 4. The van der Waals surface area contributed by atoms with Crippen molar-refractivity contribution in [1.29, 1.82) is 0 Å². The third-order valence-corrected chi connectivity index (χ3v) is 5.10. The molecule has 0 spiro atoms. The third kappa shape index (κ3) is 3.56. The average molecular weight is 379 g/mol. The highest BCUT2D eigenvalue weighted by atomic mass is 16.2. The summed E-state index contributed by atoms with van der Waals surface area (Å²) < 4.78 is 0. The van der Waals surface area contributed by atoms with E-state index in [0.29, 0.717) is 25.2 Å². The molecule has 0 bridgehead atoms. The van der Waals surface area contributed by atoms with E-state index in [1.807, 2.05) is 30.5 Å². The summed E-state index contributed by atoms with van der Waals surface area (Å²) in [6.45, 7) is 7.92. The molecule has 2 aromatic rings. The van der Waals surface area contributed by atoms with Crippen LogP contribution in [0.5, 0.6) is 0 Å². The molecule has 146 valence electrons. The molecular weight excluding hydrogens is 354 g/mol. The van der Waals surface area contributed by atoms with Gasteiger partial charge in [0, 0.05) is 41.5 Å². The maximum atomic E-state index is 12.7. The van der Waals surface area contributed by atoms with Gasteiger partial charge in [-0.3, -0.25) is 4.79 Å². The molecule has 1 N–H and O–H groups in total. The molecule has 3 heterocycles. The van der Waals surface area contributed by atoms with E-state index < -0.39 is 0 Å². The Morgan fingerprint density at radius 2 is 2.04 bits per heavy atom. The Kier molecular flexibility index (Phi) is 4.53. The number of aromatic nitrogens is 2. The molecule has 0 atom stereocenters. The zero-order chi connectivity index (χ0) is 19.9. The number of anilines is 2. The van der Waals surface area contributed by atoms with Crippen molar-refractivity contribution in [3.05, 3.63) is 47.5 Å². The van der Waals surface area contributed by atoms with Crippen LogP contribution in [0.15, 0.2) is 30.5 Å². The Morgan fingerprint density at radius 3 is 2.75 bits per heavy atom. The standard InChI is InChI=1S/C21H25N5O2/c1-21(2,3)19-22-11-14-12-25(13-17(14)24-19)20(28)23-15-6-4-7-16(10-15)26-9-5-8-18(26)27/h4,6-7,10-11H,5,8-9,12-13H2,1-3H3,(H,23,28). The number of nitrogens with one attached hydrogen (secondary N) is 1. The maximum absolute atomic E-state index is 12.7. The van der Waals surface area contributed by atoms with E-state index in [9.17, 15) is 9.59 Å². The van der Waals surface area contributed by atoms with Gasteiger partial charge in [-0.15, -0.1) is 0 Å². The van der Waals surface area contributed by atoms with Gasteiger partial charge < -0.3 is 15.1 Å². The summed E-state index contributed by atoms with van der Waals surface area (Å²) in [4.78, 5) is 37.3. The van der Waals surface area contributed by atoms with Gasteiger partial charge in [0.05, 0.1) is 18.8 Å². The maximum Gasteiger partial charge on any atom is 0.322 e. The second-order valence-corrected chi connectivity index (χ2v) is 8.40. The average Bonchev–Trinajstić information content (AvgIpc) is 3.26. The highest BCUT2D eigenvalue weighted by molar-refractivity contribution is 5.96. The lowest BCUT2D eigenvalue weighted by atomic mass is 9.95. The largest absolute Gasteiger partial charge is 0.322 e. The minimum Gasteiger partial charge on any atom is -0.314 e. The molecule has 4 rings (SSSR count). The normalized spacial score (nSPS) is 16.5. The minimum atomic E-state index is -0.180. The van der Waals surface area contributed by atoms with Crippen molar-refractivity contribution in [2.45, 2.75) is 52.1 Å². The van der Waals surface area contributed by atoms with Crippen LogP contribution in [-0.2, 0) is 23.3 Å². The predicted octanol–water partition coefficient (Wildman–Crippen LogP) is 3.45. The number of benzene rings is 1.